The smallest absolute Gasteiger partial charge is 0.875 e. The molecule has 25 nitrogen and oxygen atoms in total. The van der Waals surface area contributed by atoms with Crippen molar-refractivity contribution in [2.24, 2.45) is 5.92 Å². The molecule has 0 amide bonds. The fraction of sp³-hybridized carbons (Fsp3) is 0.395. The summed E-state index contributed by atoms with van der Waals surface area (Å²) in [5, 5.41) is 34.4. The van der Waals surface area contributed by atoms with Gasteiger partial charge in [0.1, 0.15) is 83.8 Å². The van der Waals surface area contributed by atoms with Gasteiger partial charge in [-0.3, -0.25) is 67.1 Å². The van der Waals surface area contributed by atoms with Crippen LogP contribution in [0, 0.1) is 47.5 Å². The average Bonchev–Trinajstić information content (AvgIpc) is 1.02. The molecular weight excluding hydrogens is 1850 g/mol. The van der Waals surface area contributed by atoms with E-state index in [0.717, 1.165) is 114 Å². The van der Waals surface area contributed by atoms with E-state index in [1.807, 2.05) is 175 Å². The number of aromatic hydroxyl groups is 2. The molecule has 3 N–H and O–H groups in total. The molecule has 1 aliphatic heterocycles. The van der Waals surface area contributed by atoms with Crippen molar-refractivity contribution in [1.82, 2.24) is 5.32 Å². The zero-order valence-electron chi connectivity index (χ0n) is 84.4. The SMILES string of the molecule is C.C.C.CC(=O)/C=C/c1ccc(C)cc1.CC(=O)CC(=O)OC1CCCC1.CC(C)=O.CC1=C(C(=O)OC2CCCC2)C(c2cccc(O)c2)C2=C(CC(c3ccc(C)cc3)CC2=O)N1.CCOC(=O)C1C([O-])=CC(=O)CC1c1ccc(C)cc1.CCOC(=O)CC(=O)OCC.Cc1ccc(C2CC(=O)CC(=O)C2)cc1.Cc1ccc(C2CC(=O)CC(=O)C2)cc1.Cc1ccc(C=O)cc1.O=Cc1cccc(O)c1.[Na+]. The first-order valence-corrected chi connectivity index (χ1v) is 47.8. The number of phenolic OH excluding ortho intramolecular Hbond substituents is 2. The van der Waals surface area contributed by atoms with Gasteiger partial charge in [-0.05, 0) is 242 Å². The summed E-state index contributed by atoms with van der Waals surface area (Å²) in [7, 11) is 0. The molecule has 26 heteroatoms. The predicted octanol–water partition coefficient (Wildman–Crippen LogP) is 18.9. The molecule has 15 rings (SSSR count). The monoisotopic (exact) mass is 2000 g/mol. The van der Waals surface area contributed by atoms with Gasteiger partial charge in [0, 0.05) is 78.5 Å². The maximum Gasteiger partial charge on any atom is 1.00 e. The van der Waals surface area contributed by atoms with Gasteiger partial charge in [-0.15, -0.1) is 5.76 Å². The van der Waals surface area contributed by atoms with E-state index in [9.17, 15) is 86.9 Å². The second-order valence-electron chi connectivity index (χ2n) is 35.9. The van der Waals surface area contributed by atoms with E-state index in [2.05, 4.69) is 46.0 Å². The van der Waals surface area contributed by atoms with E-state index in [4.69, 9.17) is 19.3 Å². The minimum atomic E-state index is -0.907. The third-order valence-electron chi connectivity index (χ3n) is 23.3. The van der Waals surface area contributed by atoms with Crippen LogP contribution >= 0.6 is 0 Å². The van der Waals surface area contributed by atoms with Crippen LogP contribution in [0.2, 0.25) is 0 Å². The number of aldehydes is 2. The van der Waals surface area contributed by atoms with E-state index in [1.165, 1.54) is 60.7 Å². The van der Waals surface area contributed by atoms with Gasteiger partial charge >= 0.3 is 59.4 Å². The second-order valence-corrected chi connectivity index (χ2v) is 35.9. The first-order valence-electron chi connectivity index (χ1n) is 47.8. The molecule has 0 spiro atoms. The van der Waals surface area contributed by atoms with Crippen molar-refractivity contribution >= 4 is 101 Å². The van der Waals surface area contributed by atoms with Crippen LogP contribution in [0.5, 0.6) is 11.5 Å². The van der Waals surface area contributed by atoms with Crippen LogP contribution in [0.3, 0.4) is 0 Å². The van der Waals surface area contributed by atoms with Crippen LogP contribution < -0.4 is 40.0 Å². The van der Waals surface area contributed by atoms with Crippen molar-refractivity contribution in [3.05, 3.63) is 312 Å². The Labute approximate surface area is 878 Å². The average molecular weight is 2000 g/mol. The summed E-state index contributed by atoms with van der Waals surface area (Å²) in [6.45, 7) is 25.8. The van der Waals surface area contributed by atoms with Crippen LogP contribution in [0.25, 0.3) is 6.08 Å². The molecule has 7 aliphatic rings. The number of nitrogens with one attached hydrogen (secondary N) is 1. The number of Topliss-reactive ketones (excluding diaryl/α,β-unsaturated/α-hetero) is 7. The van der Waals surface area contributed by atoms with Crippen molar-refractivity contribution in [2.45, 2.75) is 283 Å². The standard InChI is InChI=1S/C29H31NO4.C16H18O4.2C13H14O2.C11H12O.C9H14O3.C8H8O.C7H12O4.C7H6O2.C3H6O.3CH4.Na/c1-17-10-12-19(13-11-17)21-15-24-28(25(32)16-21)27(20-6-5-7-22(31)14-20)26(18(2)30-24)29(33)34-23-8-3-4-9-23;1-3-20-16(19)15-13(8-12(17)9-14(15)18)11-6-4-10(2)5-7-11;2*1-9-2-4-10(5-3-9)11-6-12(14)8-13(15)7-11;1-9-3-6-11(7-4-9)8-5-10(2)12;1-7(10)6-9(11)12-8-4-2-3-5-8;1-7-2-4-8(6-9)5-3-7;1-3-10-6(8)5-7(9)11-4-2;8-5-6-2-1-3-7(9)4-6;1-3(2)4;;;;/h5-7,10-14,21,23,27,30-31H,3-4,8-9,15-16H2,1-2H3;4-7,9,13,15,18H,3,8H2,1-2H3;2*2-5,11H,6-8H2,1H3;3-8H,1-2H3;8H,2-6H2,1H3;2-6H,1H3;3-5H2,1-2H3;1-5,9H;1-2H3;3*1H4;/q;;;;;;;;;;;;;+1/p-1/b;;;;8-5+;;;;;;;;;. The van der Waals surface area contributed by atoms with E-state index in [0.29, 0.717) is 67.2 Å². The summed E-state index contributed by atoms with van der Waals surface area (Å²) in [6, 6.07) is 60.6. The Morgan fingerprint density at radius 1 is 0.428 bits per heavy atom. The van der Waals surface area contributed by atoms with Crippen LogP contribution in [0.4, 0.5) is 0 Å². The molecule has 6 aliphatic carbocycles. The summed E-state index contributed by atoms with van der Waals surface area (Å²) in [6.07, 6.45) is 17.3. The molecule has 4 unspecified atom stereocenters. The first kappa shape index (κ1) is 128. The Hall–Kier alpha value is -13.4. The van der Waals surface area contributed by atoms with Gasteiger partial charge in [-0.2, -0.15) is 0 Å². The number of carbonyl (C=O) groups excluding carboxylic acids is 16. The Morgan fingerprint density at radius 3 is 1.19 bits per heavy atom. The number of ketones is 9. The number of hydrogen-bond donors (Lipinski definition) is 3. The Balaban J connectivity index is 0.000000567. The normalized spacial score (nSPS) is 16.6. The van der Waals surface area contributed by atoms with Gasteiger partial charge < -0.3 is 49.1 Å². The number of allylic oxidation sites excluding steroid dienone is 5. The largest absolute Gasteiger partial charge is 1.00 e. The van der Waals surface area contributed by atoms with Crippen LogP contribution in [0.15, 0.2) is 235 Å². The van der Waals surface area contributed by atoms with Crippen molar-refractivity contribution < 1.29 is 145 Å². The Morgan fingerprint density at radius 2 is 0.807 bits per heavy atom. The number of benzene rings is 8. The first-order chi connectivity index (χ1) is 67.2. The maximum absolute atomic E-state index is 13.6. The molecule has 0 bridgehead atoms. The molecular formula is C119H146NNaO24. The molecule has 0 radical (unpaired) electrons. The fourth-order valence-electron chi connectivity index (χ4n) is 16.4. The summed E-state index contributed by atoms with van der Waals surface area (Å²) < 4.78 is 25.0. The number of carbonyl (C=O) groups is 16. The summed E-state index contributed by atoms with van der Waals surface area (Å²) >= 11 is 0. The van der Waals surface area contributed by atoms with Gasteiger partial charge in [-0.25, -0.2) is 4.79 Å². The zero-order chi connectivity index (χ0) is 104. The third kappa shape index (κ3) is 46.9. The molecule has 8 aromatic carbocycles. The van der Waals surface area contributed by atoms with Crippen LogP contribution in [-0.4, -0.2) is 137 Å². The van der Waals surface area contributed by atoms with Crippen molar-refractivity contribution in [2.75, 3.05) is 19.8 Å². The van der Waals surface area contributed by atoms with E-state index in [-0.39, 0.29) is 209 Å². The number of rotatable bonds is 20. The number of esters is 5. The topological polar surface area (TPSA) is 395 Å². The van der Waals surface area contributed by atoms with Crippen molar-refractivity contribution in [3.63, 3.8) is 0 Å². The predicted molar refractivity (Wildman–Crippen MR) is 557 cm³/mol. The van der Waals surface area contributed by atoms with E-state index in [1.54, 1.807) is 64.1 Å². The second kappa shape index (κ2) is 67.3. The minimum Gasteiger partial charge on any atom is -0.875 e. The van der Waals surface area contributed by atoms with Crippen LogP contribution in [0.1, 0.15) is 317 Å². The molecule has 4 saturated carbocycles. The quantitative estimate of drug-likeness (QED) is 0.0159. The number of hydrogen-bond acceptors (Lipinski definition) is 25. The zero-order valence-corrected chi connectivity index (χ0v) is 86.4. The number of aryl methyl sites for hydroxylation is 6. The number of phenols is 2. The fourth-order valence-corrected chi connectivity index (χ4v) is 16.4. The number of dihydropyridines is 1. The van der Waals surface area contributed by atoms with Gasteiger partial charge in [0.25, 0.3) is 0 Å². The third-order valence-corrected chi connectivity index (χ3v) is 23.3. The number of ether oxygens (including phenoxy) is 5. The molecule has 8 aromatic rings. The minimum absolute atomic E-state index is 0. The molecule has 1 heterocycles. The van der Waals surface area contributed by atoms with Gasteiger partial charge in [-0.1, -0.05) is 232 Å². The van der Waals surface area contributed by atoms with Crippen molar-refractivity contribution in [3.8, 4) is 11.5 Å². The molecule has 772 valence electrons. The van der Waals surface area contributed by atoms with Gasteiger partial charge in [0.05, 0.1) is 44.2 Å². The molecule has 4 atom stereocenters. The summed E-state index contributed by atoms with van der Waals surface area (Å²) in [5.74, 6) is -3.92. The molecule has 0 aromatic heterocycles. The summed E-state index contributed by atoms with van der Waals surface area (Å²) in [5.41, 5.74) is 17.0. The van der Waals surface area contributed by atoms with Crippen molar-refractivity contribution in [1.29, 1.82) is 0 Å². The maximum atomic E-state index is 13.6. The summed E-state index contributed by atoms with van der Waals surface area (Å²) in [4.78, 5) is 179. The van der Waals surface area contributed by atoms with Crippen LogP contribution in [-0.2, 0) is 90.8 Å². The Bertz CT molecular complexity index is 5580. The molecule has 145 heavy (non-hydrogen) atoms. The van der Waals surface area contributed by atoms with E-state index < -0.39 is 41.4 Å². The van der Waals surface area contributed by atoms with E-state index >= 15 is 0 Å². The van der Waals surface area contributed by atoms with Gasteiger partial charge in [0.2, 0.25) is 0 Å². The van der Waals surface area contributed by atoms with Gasteiger partial charge in [0.15, 0.2) is 17.3 Å². The Kier molecular flexibility index (Phi) is 59.3. The molecule has 4 fully saturated rings. The molecule has 0 saturated heterocycles.